The molecule has 3 nitrogen and oxygen atoms in total. The lowest BCUT2D eigenvalue weighted by molar-refractivity contribution is 0.548. The molecule has 0 saturated heterocycles. The Hall–Kier alpha value is -1.22. The molecule has 1 unspecified atom stereocenters. The van der Waals surface area contributed by atoms with Gasteiger partial charge in [0.15, 0.2) is 0 Å². The first kappa shape index (κ1) is 14.8. The van der Waals surface area contributed by atoms with E-state index in [1.165, 1.54) is 0 Å². The average Bonchev–Trinajstić information content (AvgIpc) is 2.35. The number of amidine groups is 1. The van der Waals surface area contributed by atoms with E-state index >= 15 is 0 Å². The molecule has 0 saturated carbocycles. The van der Waals surface area contributed by atoms with Gasteiger partial charge >= 0.3 is 0 Å². The zero-order chi connectivity index (χ0) is 13.7. The molecule has 4 heteroatoms. The van der Waals surface area contributed by atoms with Gasteiger partial charge in [-0.15, -0.1) is 0 Å². The molecule has 0 aliphatic rings. The molecule has 0 fully saturated rings. The quantitative estimate of drug-likeness (QED) is 0.612. The molecule has 0 heterocycles. The van der Waals surface area contributed by atoms with Crippen molar-refractivity contribution >= 4 is 23.1 Å². The standard InChI is InChI=1S/C14H22ClN3/c1-4-10(3)9-18(5-2)13-7-6-11(14(16)17)8-12(13)15/h6-8,10H,4-5,9H2,1-3H3,(H3,16,17). The lowest BCUT2D eigenvalue weighted by atomic mass is 10.1. The fourth-order valence-electron chi connectivity index (χ4n) is 1.83. The average molecular weight is 268 g/mol. The maximum Gasteiger partial charge on any atom is 0.122 e. The topological polar surface area (TPSA) is 53.1 Å². The third kappa shape index (κ3) is 3.64. The zero-order valence-corrected chi connectivity index (χ0v) is 12.1. The zero-order valence-electron chi connectivity index (χ0n) is 11.3. The van der Waals surface area contributed by atoms with Crippen LogP contribution in [0.3, 0.4) is 0 Å². The van der Waals surface area contributed by atoms with Crippen LogP contribution in [0.4, 0.5) is 5.69 Å². The molecule has 1 aromatic carbocycles. The van der Waals surface area contributed by atoms with Gasteiger partial charge in [0, 0.05) is 18.7 Å². The van der Waals surface area contributed by atoms with E-state index in [1.807, 2.05) is 12.1 Å². The lowest BCUT2D eigenvalue weighted by Crippen LogP contribution is -2.28. The summed E-state index contributed by atoms with van der Waals surface area (Å²) in [6.07, 6.45) is 1.15. The smallest absolute Gasteiger partial charge is 0.122 e. The Balaban J connectivity index is 2.96. The van der Waals surface area contributed by atoms with Crippen LogP contribution in [0.2, 0.25) is 5.02 Å². The summed E-state index contributed by atoms with van der Waals surface area (Å²) in [7, 11) is 0. The first-order chi connectivity index (χ1) is 8.49. The third-order valence-electron chi connectivity index (χ3n) is 3.21. The Kier molecular flexibility index (Phi) is 5.48. The maximum absolute atomic E-state index is 7.40. The molecule has 0 radical (unpaired) electrons. The highest BCUT2D eigenvalue weighted by atomic mass is 35.5. The second kappa shape index (κ2) is 6.64. The van der Waals surface area contributed by atoms with Crippen LogP contribution >= 0.6 is 11.6 Å². The number of hydrogen-bond acceptors (Lipinski definition) is 2. The monoisotopic (exact) mass is 267 g/mol. The molecule has 0 aromatic heterocycles. The van der Waals surface area contributed by atoms with E-state index in [1.54, 1.807) is 6.07 Å². The summed E-state index contributed by atoms with van der Waals surface area (Å²) in [5, 5.41) is 8.06. The number of rotatable bonds is 6. The fourth-order valence-corrected chi connectivity index (χ4v) is 2.13. The molecule has 3 N–H and O–H groups in total. The second-order valence-electron chi connectivity index (χ2n) is 4.63. The number of nitrogen functional groups attached to an aromatic ring is 1. The minimum atomic E-state index is 0.0495. The molecule has 0 bridgehead atoms. The van der Waals surface area contributed by atoms with Crippen molar-refractivity contribution in [1.29, 1.82) is 5.41 Å². The van der Waals surface area contributed by atoms with Crippen LogP contribution in [-0.2, 0) is 0 Å². The van der Waals surface area contributed by atoms with Crippen LogP contribution in [0.25, 0.3) is 0 Å². The number of anilines is 1. The van der Waals surface area contributed by atoms with Gasteiger partial charge < -0.3 is 10.6 Å². The van der Waals surface area contributed by atoms with Crippen LogP contribution in [0.15, 0.2) is 18.2 Å². The molecule has 100 valence electrons. The van der Waals surface area contributed by atoms with E-state index in [0.717, 1.165) is 25.2 Å². The molecule has 0 amide bonds. The minimum Gasteiger partial charge on any atom is -0.384 e. The van der Waals surface area contributed by atoms with E-state index in [2.05, 4.69) is 25.7 Å². The Bertz CT molecular complexity index is 418. The summed E-state index contributed by atoms with van der Waals surface area (Å²) in [5.74, 6) is 0.682. The molecule has 1 rings (SSSR count). The van der Waals surface area contributed by atoms with Gasteiger partial charge in [-0.1, -0.05) is 31.9 Å². The number of halogens is 1. The van der Waals surface area contributed by atoms with Crippen LogP contribution in [-0.4, -0.2) is 18.9 Å². The molecule has 0 aliphatic heterocycles. The molecule has 0 spiro atoms. The summed E-state index contributed by atoms with van der Waals surface area (Å²) in [6, 6.07) is 5.56. The highest BCUT2D eigenvalue weighted by Gasteiger charge is 2.12. The van der Waals surface area contributed by atoms with Crippen molar-refractivity contribution in [1.82, 2.24) is 0 Å². The normalized spacial score (nSPS) is 12.2. The highest BCUT2D eigenvalue weighted by Crippen LogP contribution is 2.27. The van der Waals surface area contributed by atoms with Crippen molar-refractivity contribution in [2.45, 2.75) is 27.2 Å². The Labute approximate surface area is 114 Å². The van der Waals surface area contributed by atoms with E-state index in [-0.39, 0.29) is 5.84 Å². The number of hydrogen-bond donors (Lipinski definition) is 2. The summed E-state index contributed by atoms with van der Waals surface area (Å²) < 4.78 is 0. The predicted octanol–water partition coefficient (Wildman–Crippen LogP) is 3.50. The lowest BCUT2D eigenvalue weighted by Gasteiger charge is -2.27. The Morgan fingerprint density at radius 1 is 1.44 bits per heavy atom. The summed E-state index contributed by atoms with van der Waals surface area (Å²) in [4.78, 5) is 2.26. The van der Waals surface area contributed by atoms with Crippen LogP contribution in [0.1, 0.15) is 32.8 Å². The van der Waals surface area contributed by atoms with Crippen molar-refractivity contribution in [2.75, 3.05) is 18.0 Å². The molecule has 1 aromatic rings. The minimum absolute atomic E-state index is 0.0495. The van der Waals surface area contributed by atoms with Gasteiger partial charge in [-0.2, -0.15) is 0 Å². The van der Waals surface area contributed by atoms with Gasteiger partial charge in [0.25, 0.3) is 0 Å². The molecule has 1 atom stereocenters. The van der Waals surface area contributed by atoms with Crippen LogP contribution in [0, 0.1) is 11.3 Å². The van der Waals surface area contributed by atoms with Crippen LogP contribution in [0.5, 0.6) is 0 Å². The summed E-state index contributed by atoms with van der Waals surface area (Å²) in [5.41, 5.74) is 7.14. The largest absolute Gasteiger partial charge is 0.384 e. The number of nitrogens with one attached hydrogen (secondary N) is 1. The van der Waals surface area contributed by atoms with Gasteiger partial charge in [-0.3, -0.25) is 5.41 Å². The van der Waals surface area contributed by atoms with E-state index in [0.29, 0.717) is 16.5 Å². The molecule has 0 aliphatic carbocycles. The van der Waals surface area contributed by atoms with Gasteiger partial charge in [0.1, 0.15) is 5.84 Å². The van der Waals surface area contributed by atoms with E-state index in [4.69, 9.17) is 22.7 Å². The maximum atomic E-state index is 7.40. The molecular formula is C14H22ClN3. The Morgan fingerprint density at radius 2 is 2.11 bits per heavy atom. The first-order valence-electron chi connectivity index (χ1n) is 6.38. The summed E-state index contributed by atoms with van der Waals surface area (Å²) >= 11 is 6.28. The first-order valence-corrected chi connectivity index (χ1v) is 6.76. The van der Waals surface area contributed by atoms with Gasteiger partial charge in [0.05, 0.1) is 10.7 Å². The number of nitrogens with two attached hydrogens (primary N) is 1. The molecular weight excluding hydrogens is 246 g/mol. The third-order valence-corrected chi connectivity index (χ3v) is 3.51. The van der Waals surface area contributed by atoms with Crippen molar-refractivity contribution < 1.29 is 0 Å². The SMILES string of the molecule is CCC(C)CN(CC)c1ccc(C(=N)N)cc1Cl. The number of nitrogens with zero attached hydrogens (tertiary/aromatic N) is 1. The Morgan fingerprint density at radius 3 is 2.56 bits per heavy atom. The van der Waals surface area contributed by atoms with Gasteiger partial charge in [-0.05, 0) is 31.0 Å². The van der Waals surface area contributed by atoms with Crippen molar-refractivity contribution in [3.63, 3.8) is 0 Å². The van der Waals surface area contributed by atoms with Crippen molar-refractivity contribution in [2.24, 2.45) is 11.7 Å². The molecule has 18 heavy (non-hydrogen) atoms. The second-order valence-corrected chi connectivity index (χ2v) is 5.04. The van der Waals surface area contributed by atoms with Crippen molar-refractivity contribution in [3.8, 4) is 0 Å². The van der Waals surface area contributed by atoms with Crippen molar-refractivity contribution in [3.05, 3.63) is 28.8 Å². The predicted molar refractivity (Wildman–Crippen MR) is 79.8 cm³/mol. The van der Waals surface area contributed by atoms with E-state index in [9.17, 15) is 0 Å². The van der Waals surface area contributed by atoms with Gasteiger partial charge in [-0.25, -0.2) is 0 Å². The van der Waals surface area contributed by atoms with Gasteiger partial charge in [0.2, 0.25) is 0 Å². The number of benzene rings is 1. The fraction of sp³-hybridized carbons (Fsp3) is 0.500. The highest BCUT2D eigenvalue weighted by molar-refractivity contribution is 6.33. The van der Waals surface area contributed by atoms with E-state index < -0.39 is 0 Å². The van der Waals surface area contributed by atoms with Crippen LogP contribution < -0.4 is 10.6 Å². The summed E-state index contributed by atoms with van der Waals surface area (Å²) in [6.45, 7) is 8.46.